The second kappa shape index (κ2) is 3.31. The van der Waals surface area contributed by atoms with Gasteiger partial charge in [0.05, 0.1) is 0 Å². The molecule has 8 atom stereocenters. The lowest BCUT2D eigenvalue weighted by atomic mass is 9.73. The van der Waals surface area contributed by atoms with Gasteiger partial charge in [-0.05, 0) is 79.4 Å². The third-order valence-electron chi connectivity index (χ3n) is 7.80. The summed E-state index contributed by atoms with van der Waals surface area (Å²) in [6.07, 6.45) is 14.5. The molecule has 0 aromatic rings. The Morgan fingerprint density at radius 2 is 1.00 bits per heavy atom. The van der Waals surface area contributed by atoms with Crippen molar-refractivity contribution >= 4 is 0 Å². The van der Waals surface area contributed by atoms with Crippen molar-refractivity contribution in [3.8, 4) is 0 Å². The van der Waals surface area contributed by atoms with Gasteiger partial charge in [0.25, 0.3) is 0 Å². The molecule has 0 N–H and O–H groups in total. The molecule has 0 aromatic heterocycles. The SMILES string of the molecule is C1CCC2CC(C1)C1CC3C4CCC(C4)C3C21. The summed E-state index contributed by atoms with van der Waals surface area (Å²) in [6, 6.07) is 0. The zero-order valence-electron chi connectivity index (χ0n) is 11.0. The maximum absolute atomic E-state index is 1.68. The van der Waals surface area contributed by atoms with Crippen LogP contribution in [-0.2, 0) is 0 Å². The Kier molecular flexibility index (Phi) is 1.92. The van der Waals surface area contributed by atoms with Crippen LogP contribution >= 0.6 is 0 Å². The Morgan fingerprint density at radius 1 is 0.471 bits per heavy atom. The standard InChI is InChI=1S/C17H26/c1-2-4-12-7-10(3-1)14-9-15-11-5-6-13(8-11)17(15)16(12)14/h10-17H,1-9H2. The summed E-state index contributed by atoms with van der Waals surface area (Å²) in [5.74, 6) is 9.62. The van der Waals surface area contributed by atoms with Crippen LogP contribution in [-0.4, -0.2) is 0 Å². The zero-order chi connectivity index (χ0) is 11.0. The highest BCUT2D eigenvalue weighted by atomic mass is 14.7. The van der Waals surface area contributed by atoms with Gasteiger partial charge in [0.15, 0.2) is 0 Å². The fourth-order valence-electron chi connectivity index (χ4n) is 7.51. The minimum atomic E-state index is 1.18. The Morgan fingerprint density at radius 3 is 1.76 bits per heavy atom. The molecule has 17 heavy (non-hydrogen) atoms. The highest BCUT2D eigenvalue weighted by Crippen LogP contribution is 2.69. The van der Waals surface area contributed by atoms with E-state index in [1.165, 1.54) is 47.3 Å². The van der Waals surface area contributed by atoms with Gasteiger partial charge in [0.1, 0.15) is 0 Å². The molecule has 0 saturated heterocycles. The van der Waals surface area contributed by atoms with Crippen LogP contribution in [0.1, 0.15) is 57.8 Å². The topological polar surface area (TPSA) is 0 Å². The average molecular weight is 230 g/mol. The Balaban J connectivity index is 1.52. The third kappa shape index (κ3) is 1.16. The van der Waals surface area contributed by atoms with Crippen molar-refractivity contribution in [1.29, 1.82) is 0 Å². The van der Waals surface area contributed by atoms with Crippen molar-refractivity contribution < 1.29 is 0 Å². The van der Waals surface area contributed by atoms with Crippen molar-refractivity contribution in [3.63, 3.8) is 0 Å². The van der Waals surface area contributed by atoms with Crippen LogP contribution in [0.2, 0.25) is 0 Å². The molecule has 5 fully saturated rings. The van der Waals surface area contributed by atoms with Crippen LogP contribution < -0.4 is 0 Å². The normalized spacial score (nSPS) is 63.5. The molecule has 0 aliphatic heterocycles. The predicted octanol–water partition coefficient (Wildman–Crippen LogP) is 4.49. The van der Waals surface area contributed by atoms with Gasteiger partial charge in [0.2, 0.25) is 0 Å². The van der Waals surface area contributed by atoms with Crippen LogP contribution in [0.4, 0.5) is 0 Å². The molecule has 5 aliphatic rings. The molecular formula is C17H26. The van der Waals surface area contributed by atoms with Crippen molar-refractivity contribution in [2.75, 3.05) is 0 Å². The molecule has 5 rings (SSSR count). The Bertz CT molecular complexity index is 333. The summed E-state index contributed by atoms with van der Waals surface area (Å²) < 4.78 is 0. The fraction of sp³-hybridized carbons (Fsp3) is 1.00. The van der Waals surface area contributed by atoms with Gasteiger partial charge in [-0.2, -0.15) is 0 Å². The molecule has 94 valence electrons. The summed E-state index contributed by atoms with van der Waals surface area (Å²) in [7, 11) is 0. The number of rotatable bonds is 0. The molecule has 0 heteroatoms. The lowest BCUT2D eigenvalue weighted by Crippen LogP contribution is -2.26. The predicted molar refractivity (Wildman–Crippen MR) is 69.5 cm³/mol. The minimum absolute atomic E-state index is 1.18. The molecule has 0 nitrogen and oxygen atoms in total. The lowest BCUT2D eigenvalue weighted by Gasteiger charge is -2.32. The van der Waals surface area contributed by atoms with E-state index in [9.17, 15) is 0 Å². The van der Waals surface area contributed by atoms with Gasteiger partial charge in [-0.1, -0.05) is 25.7 Å². The van der Waals surface area contributed by atoms with Crippen LogP contribution in [0.15, 0.2) is 0 Å². The van der Waals surface area contributed by atoms with E-state index in [0.717, 1.165) is 0 Å². The smallest absolute Gasteiger partial charge is 0.0321 e. The van der Waals surface area contributed by atoms with Crippen molar-refractivity contribution in [2.24, 2.45) is 47.3 Å². The van der Waals surface area contributed by atoms with Gasteiger partial charge in [-0.15, -0.1) is 0 Å². The second-order valence-electron chi connectivity index (χ2n) is 8.09. The van der Waals surface area contributed by atoms with Crippen molar-refractivity contribution in [3.05, 3.63) is 0 Å². The molecule has 5 aliphatic carbocycles. The number of hydrogen-bond donors (Lipinski definition) is 0. The summed E-state index contributed by atoms with van der Waals surface area (Å²) in [5.41, 5.74) is 0. The van der Waals surface area contributed by atoms with Crippen molar-refractivity contribution in [2.45, 2.75) is 57.8 Å². The van der Waals surface area contributed by atoms with E-state index in [1.54, 1.807) is 57.8 Å². The Hall–Kier alpha value is 0. The monoisotopic (exact) mass is 230 g/mol. The largest absolute Gasteiger partial charge is 0.0530 e. The van der Waals surface area contributed by atoms with Gasteiger partial charge in [-0.3, -0.25) is 0 Å². The van der Waals surface area contributed by atoms with E-state index >= 15 is 0 Å². The van der Waals surface area contributed by atoms with Gasteiger partial charge in [-0.25, -0.2) is 0 Å². The minimum Gasteiger partial charge on any atom is -0.0530 e. The highest BCUT2D eigenvalue weighted by Gasteiger charge is 2.61. The second-order valence-corrected chi connectivity index (χ2v) is 8.09. The summed E-state index contributed by atoms with van der Waals surface area (Å²) >= 11 is 0. The van der Waals surface area contributed by atoms with Crippen LogP contribution in [0.25, 0.3) is 0 Å². The maximum atomic E-state index is 1.68. The van der Waals surface area contributed by atoms with E-state index in [1.807, 2.05) is 0 Å². The average Bonchev–Trinajstić information content (AvgIpc) is 2.99. The molecule has 0 amide bonds. The molecule has 0 heterocycles. The van der Waals surface area contributed by atoms with E-state index in [4.69, 9.17) is 0 Å². The molecule has 8 unspecified atom stereocenters. The number of fused-ring (bicyclic) bond motifs is 11. The van der Waals surface area contributed by atoms with Crippen LogP contribution in [0.5, 0.6) is 0 Å². The molecule has 0 spiro atoms. The van der Waals surface area contributed by atoms with E-state index in [-0.39, 0.29) is 0 Å². The first-order valence-electron chi connectivity index (χ1n) is 8.42. The van der Waals surface area contributed by atoms with Crippen LogP contribution in [0.3, 0.4) is 0 Å². The van der Waals surface area contributed by atoms with Gasteiger partial charge < -0.3 is 0 Å². The fourth-order valence-corrected chi connectivity index (χ4v) is 7.51. The van der Waals surface area contributed by atoms with E-state index in [0.29, 0.717) is 0 Å². The van der Waals surface area contributed by atoms with Gasteiger partial charge >= 0.3 is 0 Å². The molecule has 0 radical (unpaired) electrons. The summed E-state index contributed by atoms with van der Waals surface area (Å²) in [5, 5.41) is 0. The van der Waals surface area contributed by atoms with E-state index < -0.39 is 0 Å². The Labute approximate surface area is 106 Å². The highest BCUT2D eigenvalue weighted by molar-refractivity contribution is 5.10. The lowest BCUT2D eigenvalue weighted by molar-refractivity contribution is 0.161. The van der Waals surface area contributed by atoms with Crippen LogP contribution in [0, 0.1) is 47.3 Å². The summed E-state index contributed by atoms with van der Waals surface area (Å²) in [4.78, 5) is 0. The van der Waals surface area contributed by atoms with Crippen molar-refractivity contribution in [1.82, 2.24) is 0 Å². The van der Waals surface area contributed by atoms with Gasteiger partial charge in [0, 0.05) is 0 Å². The molecule has 5 saturated carbocycles. The first-order chi connectivity index (χ1) is 8.42. The molecule has 0 aromatic carbocycles. The molecule has 4 bridgehead atoms. The maximum Gasteiger partial charge on any atom is -0.0321 e. The molecular weight excluding hydrogens is 204 g/mol. The van der Waals surface area contributed by atoms with E-state index in [2.05, 4.69) is 0 Å². The zero-order valence-corrected chi connectivity index (χ0v) is 11.0. The third-order valence-corrected chi connectivity index (χ3v) is 7.80. The first-order valence-corrected chi connectivity index (χ1v) is 8.42. The summed E-state index contributed by atoms with van der Waals surface area (Å²) in [6.45, 7) is 0. The first kappa shape index (κ1) is 9.87. The number of hydrogen-bond acceptors (Lipinski definition) is 0. The quantitative estimate of drug-likeness (QED) is 0.575.